The Balaban J connectivity index is 1.34. The highest BCUT2D eigenvalue weighted by Gasteiger charge is 2.33. The van der Waals surface area contributed by atoms with Crippen LogP contribution in [0.15, 0.2) is 47.6 Å². The zero-order valence-corrected chi connectivity index (χ0v) is 16.2. The topological polar surface area (TPSA) is 88.2 Å². The number of ether oxygens (including phenoxy) is 1. The van der Waals surface area contributed by atoms with Gasteiger partial charge in [0.1, 0.15) is 24.7 Å². The summed E-state index contributed by atoms with van der Waals surface area (Å²) in [5.74, 6) is 0.644. The fraction of sp³-hybridized carbons (Fsp3) is 0.368. The van der Waals surface area contributed by atoms with Crippen molar-refractivity contribution in [1.29, 1.82) is 0 Å². The van der Waals surface area contributed by atoms with Gasteiger partial charge in [0.15, 0.2) is 9.84 Å². The van der Waals surface area contributed by atoms with Crippen LogP contribution in [0.2, 0.25) is 0 Å². The number of sulfone groups is 1. The van der Waals surface area contributed by atoms with Gasteiger partial charge in [0.2, 0.25) is 0 Å². The van der Waals surface area contributed by atoms with Gasteiger partial charge in [-0.3, -0.25) is 9.88 Å². The Labute approximate surface area is 162 Å². The van der Waals surface area contributed by atoms with Crippen molar-refractivity contribution < 1.29 is 17.5 Å². The van der Waals surface area contributed by atoms with Crippen molar-refractivity contribution in [3.8, 4) is 0 Å². The van der Waals surface area contributed by atoms with E-state index >= 15 is 0 Å². The molecule has 3 heterocycles. The SMILES string of the molecule is CS(=O)(=O)c1ccc(CN2CC(F)C(OCc3nc4ccncc4[nH]3)C2)cc1. The summed E-state index contributed by atoms with van der Waals surface area (Å²) in [5, 5.41) is 0. The molecule has 148 valence electrons. The third-order valence-electron chi connectivity index (χ3n) is 4.80. The van der Waals surface area contributed by atoms with Crippen LogP contribution in [0.4, 0.5) is 4.39 Å². The first-order valence-electron chi connectivity index (χ1n) is 8.94. The number of H-pyrrole nitrogens is 1. The van der Waals surface area contributed by atoms with Crippen LogP contribution >= 0.6 is 0 Å². The van der Waals surface area contributed by atoms with E-state index in [1.54, 1.807) is 42.7 Å². The summed E-state index contributed by atoms with van der Waals surface area (Å²) in [7, 11) is -3.21. The van der Waals surface area contributed by atoms with E-state index in [2.05, 4.69) is 15.0 Å². The van der Waals surface area contributed by atoms with Gasteiger partial charge in [0.25, 0.3) is 0 Å². The Hall–Kier alpha value is -2.36. The Kier molecular flexibility index (Phi) is 5.13. The number of imidazole rings is 1. The van der Waals surface area contributed by atoms with Crippen LogP contribution in [0.5, 0.6) is 0 Å². The zero-order chi connectivity index (χ0) is 19.7. The third-order valence-corrected chi connectivity index (χ3v) is 5.93. The predicted octanol–water partition coefficient (Wildman–Crippen LogP) is 2.10. The molecule has 1 aliphatic heterocycles. The number of benzene rings is 1. The first-order chi connectivity index (χ1) is 13.4. The van der Waals surface area contributed by atoms with Crippen LogP contribution in [0.3, 0.4) is 0 Å². The number of fused-ring (bicyclic) bond motifs is 1. The first kappa shape index (κ1) is 19.0. The molecule has 0 saturated carbocycles. The third kappa shape index (κ3) is 4.21. The van der Waals surface area contributed by atoms with Gasteiger partial charge in [-0.25, -0.2) is 17.8 Å². The van der Waals surface area contributed by atoms with Crippen LogP contribution in [0.1, 0.15) is 11.4 Å². The maximum atomic E-state index is 14.4. The Morgan fingerprint density at radius 3 is 2.75 bits per heavy atom. The minimum absolute atomic E-state index is 0.205. The van der Waals surface area contributed by atoms with Crippen molar-refractivity contribution in [2.45, 2.75) is 30.3 Å². The number of rotatable bonds is 6. The number of nitrogens with one attached hydrogen (secondary N) is 1. The van der Waals surface area contributed by atoms with Crippen molar-refractivity contribution in [1.82, 2.24) is 19.9 Å². The summed E-state index contributed by atoms with van der Waals surface area (Å²) in [5.41, 5.74) is 2.56. The molecular weight excluding hydrogens is 383 g/mol. The molecule has 9 heteroatoms. The van der Waals surface area contributed by atoms with Crippen LogP contribution in [-0.2, 0) is 27.7 Å². The molecule has 2 atom stereocenters. The molecule has 0 radical (unpaired) electrons. The van der Waals surface area contributed by atoms with E-state index in [-0.39, 0.29) is 18.0 Å². The summed E-state index contributed by atoms with van der Waals surface area (Å²) < 4.78 is 43.2. The summed E-state index contributed by atoms with van der Waals surface area (Å²) >= 11 is 0. The standard InChI is InChI=1S/C19H21FN4O3S/c1-28(25,26)14-4-2-13(3-5-14)9-24-10-15(20)18(11-24)27-12-19-22-16-6-7-21-8-17(16)23-19/h2-8,15,18H,9-12H2,1H3,(H,22,23). The second kappa shape index (κ2) is 7.57. The van der Waals surface area contributed by atoms with Crippen LogP contribution in [0.25, 0.3) is 11.0 Å². The molecule has 0 aliphatic carbocycles. The molecule has 4 rings (SSSR count). The lowest BCUT2D eigenvalue weighted by atomic mass is 10.2. The molecule has 7 nitrogen and oxygen atoms in total. The van der Waals surface area contributed by atoms with Gasteiger partial charge in [-0.15, -0.1) is 0 Å². The Morgan fingerprint density at radius 2 is 2.04 bits per heavy atom. The monoisotopic (exact) mass is 404 g/mol. The fourth-order valence-electron chi connectivity index (χ4n) is 3.36. The van der Waals surface area contributed by atoms with Gasteiger partial charge in [-0.1, -0.05) is 12.1 Å². The van der Waals surface area contributed by atoms with Crippen LogP contribution in [0, 0.1) is 0 Å². The minimum atomic E-state index is -3.21. The molecule has 1 fully saturated rings. The molecule has 2 unspecified atom stereocenters. The van der Waals surface area contributed by atoms with Gasteiger partial charge >= 0.3 is 0 Å². The predicted molar refractivity (Wildman–Crippen MR) is 102 cm³/mol. The molecule has 0 bridgehead atoms. The number of aromatic amines is 1. The summed E-state index contributed by atoms with van der Waals surface area (Å²) in [4.78, 5) is 13.8. The molecule has 28 heavy (non-hydrogen) atoms. The molecule has 1 aliphatic rings. The van der Waals surface area contributed by atoms with E-state index in [0.717, 1.165) is 16.6 Å². The maximum Gasteiger partial charge on any atom is 0.175 e. The lowest BCUT2D eigenvalue weighted by molar-refractivity contribution is 0.00863. The van der Waals surface area contributed by atoms with E-state index < -0.39 is 22.1 Å². The van der Waals surface area contributed by atoms with Gasteiger partial charge in [-0.2, -0.15) is 0 Å². The van der Waals surface area contributed by atoms with Crippen LogP contribution < -0.4 is 0 Å². The minimum Gasteiger partial charge on any atom is -0.366 e. The number of nitrogens with zero attached hydrogens (tertiary/aromatic N) is 3. The number of halogens is 1. The van der Waals surface area contributed by atoms with Crippen molar-refractivity contribution >= 4 is 20.9 Å². The quantitative estimate of drug-likeness (QED) is 0.677. The van der Waals surface area contributed by atoms with E-state index in [1.807, 2.05) is 4.90 Å². The molecule has 2 aromatic heterocycles. The maximum absolute atomic E-state index is 14.4. The molecule has 0 amide bonds. The molecule has 1 N–H and O–H groups in total. The van der Waals surface area contributed by atoms with Crippen molar-refractivity contribution in [3.05, 3.63) is 54.1 Å². The van der Waals surface area contributed by atoms with Gasteiger partial charge in [0.05, 0.1) is 22.1 Å². The number of alkyl halides is 1. The van der Waals surface area contributed by atoms with Crippen molar-refractivity contribution in [3.63, 3.8) is 0 Å². The molecular formula is C19H21FN4O3S. The highest BCUT2D eigenvalue weighted by molar-refractivity contribution is 7.90. The summed E-state index contributed by atoms with van der Waals surface area (Å²) in [6.07, 6.45) is 2.93. The Bertz CT molecular complexity index is 1040. The average molecular weight is 404 g/mol. The van der Waals surface area contributed by atoms with E-state index in [0.29, 0.717) is 18.9 Å². The lowest BCUT2D eigenvalue weighted by Crippen LogP contribution is -2.24. The van der Waals surface area contributed by atoms with Crippen molar-refractivity contribution in [2.75, 3.05) is 19.3 Å². The molecule has 0 spiro atoms. The number of hydrogen-bond acceptors (Lipinski definition) is 6. The van der Waals surface area contributed by atoms with Gasteiger partial charge < -0.3 is 9.72 Å². The Morgan fingerprint density at radius 1 is 1.25 bits per heavy atom. The average Bonchev–Trinajstić information content (AvgIpc) is 3.22. The van der Waals surface area contributed by atoms with E-state index in [1.165, 1.54) is 6.26 Å². The van der Waals surface area contributed by atoms with Crippen LogP contribution in [-0.4, -0.2) is 59.9 Å². The summed E-state index contributed by atoms with van der Waals surface area (Å²) in [6, 6.07) is 8.50. The van der Waals surface area contributed by atoms with Crippen molar-refractivity contribution in [2.24, 2.45) is 0 Å². The number of hydrogen-bond donors (Lipinski definition) is 1. The first-order valence-corrected chi connectivity index (χ1v) is 10.8. The largest absolute Gasteiger partial charge is 0.366 e. The van der Waals surface area contributed by atoms with E-state index in [9.17, 15) is 12.8 Å². The molecule has 1 aromatic carbocycles. The van der Waals surface area contributed by atoms with Gasteiger partial charge in [0, 0.05) is 32.1 Å². The number of likely N-dealkylation sites (tertiary alicyclic amines) is 1. The zero-order valence-electron chi connectivity index (χ0n) is 15.4. The smallest absolute Gasteiger partial charge is 0.175 e. The lowest BCUT2D eigenvalue weighted by Gasteiger charge is -2.15. The second-order valence-corrected chi connectivity index (χ2v) is 9.07. The summed E-state index contributed by atoms with van der Waals surface area (Å²) in [6.45, 7) is 1.50. The normalized spacial score (nSPS) is 20.8. The van der Waals surface area contributed by atoms with E-state index in [4.69, 9.17) is 4.74 Å². The molecule has 3 aromatic rings. The fourth-order valence-corrected chi connectivity index (χ4v) is 3.99. The second-order valence-electron chi connectivity index (χ2n) is 7.05. The molecule has 1 saturated heterocycles. The highest BCUT2D eigenvalue weighted by Crippen LogP contribution is 2.21. The number of pyridine rings is 1. The van der Waals surface area contributed by atoms with Gasteiger partial charge in [-0.05, 0) is 23.8 Å². The number of aromatic nitrogens is 3. The highest BCUT2D eigenvalue weighted by atomic mass is 32.2.